The van der Waals surface area contributed by atoms with Crippen molar-refractivity contribution >= 4 is 34.5 Å². The molecule has 0 radical (unpaired) electrons. The molecule has 1 rings (SSSR count). The van der Waals surface area contributed by atoms with E-state index >= 15 is 0 Å². The number of nitrogens with two attached hydrogens (primary N) is 1. The largest absolute Gasteiger partial charge is 0.389 e. The molecule has 16 heavy (non-hydrogen) atoms. The van der Waals surface area contributed by atoms with Gasteiger partial charge in [0.15, 0.2) is 0 Å². The molecule has 1 aromatic rings. The van der Waals surface area contributed by atoms with Gasteiger partial charge in [-0.2, -0.15) is 0 Å². The maximum Gasteiger partial charge on any atom is 0.106 e. The Morgan fingerprint density at radius 2 is 2.25 bits per heavy atom. The Morgan fingerprint density at radius 3 is 2.81 bits per heavy atom. The summed E-state index contributed by atoms with van der Waals surface area (Å²) in [5.74, 6) is 0.609. The smallest absolute Gasteiger partial charge is 0.106 e. The Hall–Kier alpha value is -0.800. The topological polar surface area (TPSA) is 38.0 Å². The molecule has 0 aliphatic heterocycles. The lowest BCUT2D eigenvalue weighted by atomic mass is 10.1. The number of benzene rings is 1. The molecule has 0 spiro atoms. The molecular formula is C12H17ClN2S. The van der Waals surface area contributed by atoms with Gasteiger partial charge in [-0.25, -0.2) is 0 Å². The van der Waals surface area contributed by atoms with Crippen LogP contribution in [0.4, 0.5) is 5.69 Å². The molecule has 0 fully saturated rings. The van der Waals surface area contributed by atoms with Gasteiger partial charge in [-0.15, -0.1) is 0 Å². The van der Waals surface area contributed by atoms with Crippen LogP contribution in [0.25, 0.3) is 0 Å². The summed E-state index contributed by atoms with van der Waals surface area (Å²) in [6, 6.07) is 5.51. The van der Waals surface area contributed by atoms with Crippen molar-refractivity contribution in [3.05, 3.63) is 28.8 Å². The number of halogens is 1. The fraction of sp³-hybridized carbons (Fsp3) is 0.417. The second kappa shape index (κ2) is 6.06. The van der Waals surface area contributed by atoms with Crippen LogP contribution in [0, 0.1) is 5.92 Å². The van der Waals surface area contributed by atoms with E-state index in [-0.39, 0.29) is 0 Å². The van der Waals surface area contributed by atoms with Gasteiger partial charge in [0, 0.05) is 22.8 Å². The van der Waals surface area contributed by atoms with Crippen LogP contribution in [0.1, 0.15) is 25.8 Å². The molecule has 0 aromatic heterocycles. The van der Waals surface area contributed by atoms with E-state index in [9.17, 15) is 0 Å². The van der Waals surface area contributed by atoms with E-state index < -0.39 is 0 Å². The Kier molecular flexibility index (Phi) is 5.03. The van der Waals surface area contributed by atoms with Crippen LogP contribution in [0.5, 0.6) is 0 Å². The van der Waals surface area contributed by atoms with E-state index in [0.717, 1.165) is 24.2 Å². The van der Waals surface area contributed by atoms with Crippen molar-refractivity contribution in [2.45, 2.75) is 20.3 Å². The zero-order valence-corrected chi connectivity index (χ0v) is 11.2. The van der Waals surface area contributed by atoms with Gasteiger partial charge in [0.1, 0.15) is 4.99 Å². The van der Waals surface area contributed by atoms with E-state index in [0.29, 0.717) is 15.9 Å². The standard InChI is InChI=1S/C12H17ClN2S/c1-3-8(2)7-15-11-6-9(13)4-5-10(11)12(14)16/h4-6,8,15H,3,7H2,1-2H3,(H2,14,16). The minimum Gasteiger partial charge on any atom is -0.389 e. The lowest BCUT2D eigenvalue weighted by Gasteiger charge is -2.14. The fourth-order valence-corrected chi connectivity index (χ4v) is 1.66. The van der Waals surface area contributed by atoms with Crippen molar-refractivity contribution in [2.24, 2.45) is 11.7 Å². The third-order valence-electron chi connectivity index (χ3n) is 2.58. The predicted octanol–water partition coefficient (Wildman–Crippen LogP) is 3.43. The fourth-order valence-electron chi connectivity index (χ4n) is 1.31. The van der Waals surface area contributed by atoms with Crippen LogP contribution >= 0.6 is 23.8 Å². The molecule has 0 aliphatic carbocycles. The first-order valence-corrected chi connectivity index (χ1v) is 6.16. The Balaban J connectivity index is 2.84. The maximum absolute atomic E-state index is 5.95. The van der Waals surface area contributed by atoms with Crippen LogP contribution in [-0.4, -0.2) is 11.5 Å². The van der Waals surface area contributed by atoms with Gasteiger partial charge in [-0.05, 0) is 24.1 Å². The maximum atomic E-state index is 5.95. The highest BCUT2D eigenvalue weighted by molar-refractivity contribution is 7.80. The molecule has 0 bridgehead atoms. The second-order valence-electron chi connectivity index (χ2n) is 3.95. The lowest BCUT2D eigenvalue weighted by molar-refractivity contribution is 0.593. The highest BCUT2D eigenvalue weighted by Crippen LogP contribution is 2.21. The summed E-state index contributed by atoms with van der Waals surface area (Å²) < 4.78 is 0. The van der Waals surface area contributed by atoms with Crippen molar-refractivity contribution in [2.75, 3.05) is 11.9 Å². The molecular weight excluding hydrogens is 240 g/mol. The normalized spacial score (nSPS) is 12.2. The first-order valence-electron chi connectivity index (χ1n) is 5.37. The first kappa shape index (κ1) is 13.3. The SMILES string of the molecule is CCC(C)CNc1cc(Cl)ccc1C(N)=S. The molecule has 2 nitrogen and oxygen atoms in total. The van der Waals surface area contributed by atoms with Gasteiger partial charge >= 0.3 is 0 Å². The number of thiocarbonyl (C=S) groups is 1. The van der Waals surface area contributed by atoms with E-state index in [1.165, 1.54) is 0 Å². The molecule has 0 aliphatic rings. The highest BCUT2D eigenvalue weighted by Gasteiger charge is 2.06. The van der Waals surface area contributed by atoms with Gasteiger partial charge in [0.05, 0.1) is 0 Å². The van der Waals surface area contributed by atoms with E-state index in [2.05, 4.69) is 19.2 Å². The van der Waals surface area contributed by atoms with Crippen molar-refractivity contribution in [3.8, 4) is 0 Å². The predicted molar refractivity (Wildman–Crippen MR) is 75.3 cm³/mol. The monoisotopic (exact) mass is 256 g/mol. The summed E-state index contributed by atoms with van der Waals surface area (Å²) in [5.41, 5.74) is 7.42. The van der Waals surface area contributed by atoms with Gasteiger partial charge in [0.25, 0.3) is 0 Å². The molecule has 1 atom stereocenters. The number of hydrogen-bond donors (Lipinski definition) is 2. The number of hydrogen-bond acceptors (Lipinski definition) is 2. The number of rotatable bonds is 5. The highest BCUT2D eigenvalue weighted by atomic mass is 35.5. The average Bonchev–Trinajstić information content (AvgIpc) is 2.25. The van der Waals surface area contributed by atoms with Crippen molar-refractivity contribution < 1.29 is 0 Å². The Bertz CT molecular complexity index is 379. The molecule has 88 valence electrons. The minimum atomic E-state index is 0.392. The average molecular weight is 257 g/mol. The van der Waals surface area contributed by atoms with Crippen LogP contribution in [0.15, 0.2) is 18.2 Å². The van der Waals surface area contributed by atoms with E-state index in [1.54, 1.807) is 6.07 Å². The second-order valence-corrected chi connectivity index (χ2v) is 4.82. The minimum absolute atomic E-state index is 0.392. The van der Waals surface area contributed by atoms with Crippen LogP contribution in [-0.2, 0) is 0 Å². The third-order valence-corrected chi connectivity index (χ3v) is 3.04. The van der Waals surface area contributed by atoms with E-state index in [4.69, 9.17) is 29.6 Å². The molecule has 1 aromatic carbocycles. The van der Waals surface area contributed by atoms with Crippen molar-refractivity contribution in [3.63, 3.8) is 0 Å². The summed E-state index contributed by atoms with van der Waals surface area (Å²) in [5, 5.41) is 4.02. The summed E-state index contributed by atoms with van der Waals surface area (Å²) in [7, 11) is 0. The van der Waals surface area contributed by atoms with Gasteiger partial charge in [-0.1, -0.05) is 44.1 Å². The molecule has 4 heteroatoms. The zero-order valence-electron chi connectivity index (χ0n) is 9.59. The van der Waals surface area contributed by atoms with E-state index in [1.807, 2.05) is 12.1 Å². The molecule has 0 saturated carbocycles. The molecule has 0 saturated heterocycles. The van der Waals surface area contributed by atoms with Crippen LogP contribution in [0.2, 0.25) is 5.02 Å². The summed E-state index contributed by atoms with van der Waals surface area (Å²) >= 11 is 10.9. The van der Waals surface area contributed by atoms with Crippen molar-refractivity contribution in [1.29, 1.82) is 0 Å². The van der Waals surface area contributed by atoms with Crippen molar-refractivity contribution in [1.82, 2.24) is 0 Å². The quantitative estimate of drug-likeness (QED) is 0.793. The van der Waals surface area contributed by atoms with Crippen LogP contribution < -0.4 is 11.1 Å². The lowest BCUT2D eigenvalue weighted by Crippen LogP contribution is -2.16. The van der Waals surface area contributed by atoms with Gasteiger partial charge in [0.2, 0.25) is 0 Å². The first-order chi connectivity index (χ1) is 7.54. The summed E-state index contributed by atoms with van der Waals surface area (Å²) in [6.07, 6.45) is 1.13. The van der Waals surface area contributed by atoms with Gasteiger partial charge < -0.3 is 11.1 Å². The zero-order chi connectivity index (χ0) is 12.1. The molecule has 0 heterocycles. The Morgan fingerprint density at radius 1 is 1.56 bits per heavy atom. The number of anilines is 1. The third kappa shape index (κ3) is 3.65. The molecule has 0 amide bonds. The Labute approximate surface area is 107 Å². The summed E-state index contributed by atoms with van der Waals surface area (Å²) in [6.45, 7) is 5.25. The summed E-state index contributed by atoms with van der Waals surface area (Å²) in [4.78, 5) is 0.392. The van der Waals surface area contributed by atoms with Crippen LogP contribution in [0.3, 0.4) is 0 Å². The number of nitrogens with one attached hydrogen (secondary N) is 1. The molecule has 1 unspecified atom stereocenters. The molecule has 3 N–H and O–H groups in total. The van der Waals surface area contributed by atoms with Gasteiger partial charge in [-0.3, -0.25) is 0 Å².